The number of hydrogen-bond acceptors (Lipinski definition) is 1. The lowest BCUT2D eigenvalue weighted by atomic mass is 9.86. The Morgan fingerprint density at radius 1 is 1.43 bits per heavy atom. The fraction of sp³-hybridized carbons (Fsp3) is 1.00. The Kier molecular flexibility index (Phi) is 4.21. The molecule has 0 rings (SSSR count). The molecule has 0 aliphatic rings. The molecule has 0 fully saturated rings. The average Bonchev–Trinajstić information content (AvgIpc) is 1.61. The van der Waals surface area contributed by atoms with Crippen LogP contribution in [0.5, 0.6) is 0 Å². The van der Waals surface area contributed by atoms with Crippen LogP contribution in [0.2, 0.25) is 6.32 Å². The van der Waals surface area contributed by atoms with E-state index < -0.39 is 0 Å². The Morgan fingerprint density at radius 3 is 2.14 bits per heavy atom. The van der Waals surface area contributed by atoms with Crippen LogP contribution in [0.3, 0.4) is 0 Å². The van der Waals surface area contributed by atoms with Gasteiger partial charge in [0.2, 0.25) is 7.41 Å². The SMILES string of the molecule is CCCBN(C)C. The number of hydrogen-bond donors (Lipinski definition) is 0. The summed E-state index contributed by atoms with van der Waals surface area (Å²) in [5, 5.41) is 0. The zero-order valence-corrected chi connectivity index (χ0v) is 5.57. The molecule has 0 saturated heterocycles. The van der Waals surface area contributed by atoms with Crippen LogP contribution < -0.4 is 0 Å². The average molecular weight is 99.0 g/mol. The molecule has 0 spiro atoms. The zero-order valence-electron chi connectivity index (χ0n) is 5.57. The van der Waals surface area contributed by atoms with Crippen molar-refractivity contribution in [2.24, 2.45) is 0 Å². The van der Waals surface area contributed by atoms with Crippen LogP contribution in [0.15, 0.2) is 0 Å². The van der Waals surface area contributed by atoms with Crippen molar-refractivity contribution < 1.29 is 0 Å². The second kappa shape index (κ2) is 4.19. The highest BCUT2D eigenvalue weighted by atomic mass is 15.0. The third-order valence-electron chi connectivity index (χ3n) is 0.959. The van der Waals surface area contributed by atoms with Crippen molar-refractivity contribution >= 4 is 7.41 Å². The molecule has 0 aliphatic heterocycles. The third kappa shape index (κ3) is 6.02. The van der Waals surface area contributed by atoms with Gasteiger partial charge in [0, 0.05) is 0 Å². The van der Waals surface area contributed by atoms with E-state index in [0.717, 1.165) is 0 Å². The first-order valence-corrected chi connectivity index (χ1v) is 2.92. The molecule has 0 atom stereocenters. The summed E-state index contributed by atoms with van der Waals surface area (Å²) in [7, 11) is 5.45. The van der Waals surface area contributed by atoms with Gasteiger partial charge in [0.25, 0.3) is 0 Å². The molecule has 0 aromatic rings. The summed E-state index contributed by atoms with van der Waals surface area (Å²) >= 11 is 0. The van der Waals surface area contributed by atoms with E-state index in [4.69, 9.17) is 0 Å². The monoisotopic (exact) mass is 99.1 g/mol. The van der Waals surface area contributed by atoms with Gasteiger partial charge in [-0.15, -0.1) is 0 Å². The molecule has 0 radical (unpaired) electrons. The van der Waals surface area contributed by atoms with Crippen molar-refractivity contribution in [3.05, 3.63) is 0 Å². The summed E-state index contributed by atoms with van der Waals surface area (Å²) < 4.78 is 0. The fourth-order valence-corrected chi connectivity index (χ4v) is 0.474. The molecule has 0 aliphatic carbocycles. The molecule has 0 heterocycles. The van der Waals surface area contributed by atoms with Gasteiger partial charge in [0.1, 0.15) is 0 Å². The largest absolute Gasteiger partial charge is 0.350 e. The molecule has 0 unspecified atom stereocenters. The highest BCUT2D eigenvalue weighted by Crippen LogP contribution is 1.85. The fourth-order valence-electron chi connectivity index (χ4n) is 0.474. The lowest BCUT2D eigenvalue weighted by molar-refractivity contribution is 0.655. The van der Waals surface area contributed by atoms with E-state index in [2.05, 4.69) is 25.8 Å². The number of rotatable bonds is 3. The molecule has 0 saturated carbocycles. The Bertz CT molecular complexity index is 37.1. The lowest BCUT2D eigenvalue weighted by Crippen LogP contribution is -2.15. The quantitative estimate of drug-likeness (QED) is 0.471. The van der Waals surface area contributed by atoms with Gasteiger partial charge in [-0.1, -0.05) is 19.7 Å². The Balaban J connectivity index is 2.68. The first-order chi connectivity index (χ1) is 3.27. The van der Waals surface area contributed by atoms with E-state index in [0.29, 0.717) is 0 Å². The molecule has 0 N–H and O–H groups in total. The van der Waals surface area contributed by atoms with Crippen LogP contribution in [0.25, 0.3) is 0 Å². The topological polar surface area (TPSA) is 3.24 Å². The first-order valence-electron chi connectivity index (χ1n) is 2.92. The minimum atomic E-state index is 1.23. The maximum absolute atomic E-state index is 2.21. The second-order valence-electron chi connectivity index (χ2n) is 2.16. The van der Waals surface area contributed by atoms with E-state index in [9.17, 15) is 0 Å². The molecular formula is C5H14BN. The van der Waals surface area contributed by atoms with Gasteiger partial charge in [-0.05, 0) is 14.1 Å². The molecular weight excluding hydrogens is 84.9 g/mol. The van der Waals surface area contributed by atoms with Gasteiger partial charge in [-0.3, -0.25) is 0 Å². The molecule has 0 aromatic carbocycles. The summed E-state index contributed by atoms with van der Waals surface area (Å²) in [5.74, 6) is 0. The van der Waals surface area contributed by atoms with Crippen molar-refractivity contribution in [2.75, 3.05) is 14.1 Å². The Morgan fingerprint density at radius 2 is 2.00 bits per heavy atom. The summed E-state index contributed by atoms with van der Waals surface area (Å²) in [6.45, 7) is 2.21. The highest BCUT2D eigenvalue weighted by Gasteiger charge is 1.88. The smallest absolute Gasteiger partial charge is 0.203 e. The van der Waals surface area contributed by atoms with Gasteiger partial charge >= 0.3 is 0 Å². The van der Waals surface area contributed by atoms with E-state index in [1.54, 1.807) is 0 Å². The molecule has 0 amide bonds. The van der Waals surface area contributed by atoms with Crippen molar-refractivity contribution in [1.82, 2.24) is 4.81 Å². The molecule has 2 heteroatoms. The summed E-state index contributed by atoms with van der Waals surface area (Å²) in [6.07, 6.45) is 2.63. The van der Waals surface area contributed by atoms with Crippen LogP contribution in [0.1, 0.15) is 13.3 Å². The zero-order chi connectivity index (χ0) is 5.70. The van der Waals surface area contributed by atoms with Crippen LogP contribution >= 0.6 is 0 Å². The van der Waals surface area contributed by atoms with Gasteiger partial charge in [-0.2, -0.15) is 0 Å². The molecule has 0 aromatic heterocycles. The summed E-state index contributed by atoms with van der Waals surface area (Å²) in [4.78, 5) is 2.21. The van der Waals surface area contributed by atoms with Crippen molar-refractivity contribution in [3.63, 3.8) is 0 Å². The Hall–Kier alpha value is 0.0249. The standard InChI is InChI=1S/C5H14BN/c1-4-5-6-7(2)3/h6H,4-5H2,1-3H3. The van der Waals surface area contributed by atoms with Crippen LogP contribution in [-0.4, -0.2) is 26.3 Å². The third-order valence-corrected chi connectivity index (χ3v) is 0.959. The summed E-state index contributed by atoms with van der Waals surface area (Å²) in [5.41, 5.74) is 0. The van der Waals surface area contributed by atoms with E-state index in [-0.39, 0.29) is 0 Å². The van der Waals surface area contributed by atoms with Crippen LogP contribution in [0.4, 0.5) is 0 Å². The van der Waals surface area contributed by atoms with Crippen molar-refractivity contribution in [1.29, 1.82) is 0 Å². The maximum atomic E-state index is 2.21. The minimum absolute atomic E-state index is 1.23. The minimum Gasteiger partial charge on any atom is -0.350 e. The first kappa shape index (κ1) is 7.02. The lowest BCUT2D eigenvalue weighted by Gasteiger charge is -2.03. The molecule has 7 heavy (non-hydrogen) atoms. The van der Waals surface area contributed by atoms with Crippen LogP contribution in [-0.2, 0) is 0 Å². The Labute approximate surface area is 47.0 Å². The predicted molar refractivity (Wildman–Crippen MR) is 35.9 cm³/mol. The van der Waals surface area contributed by atoms with E-state index in [1.807, 2.05) is 0 Å². The molecule has 1 nitrogen and oxygen atoms in total. The molecule has 42 valence electrons. The van der Waals surface area contributed by atoms with Gasteiger partial charge < -0.3 is 4.81 Å². The van der Waals surface area contributed by atoms with Crippen molar-refractivity contribution in [2.45, 2.75) is 19.7 Å². The summed E-state index contributed by atoms with van der Waals surface area (Å²) in [6, 6.07) is 0. The van der Waals surface area contributed by atoms with Gasteiger partial charge in [0.15, 0.2) is 0 Å². The van der Waals surface area contributed by atoms with Gasteiger partial charge in [-0.25, -0.2) is 0 Å². The normalized spacial score (nSPS) is 9.71. The van der Waals surface area contributed by atoms with E-state index >= 15 is 0 Å². The molecule has 0 bridgehead atoms. The highest BCUT2D eigenvalue weighted by molar-refractivity contribution is 6.31. The van der Waals surface area contributed by atoms with Gasteiger partial charge in [0.05, 0.1) is 0 Å². The van der Waals surface area contributed by atoms with Crippen molar-refractivity contribution in [3.8, 4) is 0 Å². The van der Waals surface area contributed by atoms with E-state index in [1.165, 1.54) is 20.2 Å². The predicted octanol–water partition coefficient (Wildman–Crippen LogP) is 0.728. The second-order valence-corrected chi connectivity index (χ2v) is 2.16. The maximum Gasteiger partial charge on any atom is 0.203 e. The van der Waals surface area contributed by atoms with Crippen LogP contribution in [0, 0.1) is 0 Å². The number of nitrogens with zero attached hydrogens (tertiary/aromatic N) is 1.